The lowest BCUT2D eigenvalue weighted by Gasteiger charge is -2.14. The van der Waals surface area contributed by atoms with E-state index in [2.05, 4.69) is 5.32 Å². The SMILES string of the molecule is CN[C@H](C(N)=O)c1ccc(Cl)cc1Cl. The molecule has 0 saturated heterocycles. The Morgan fingerprint density at radius 1 is 1.50 bits per heavy atom. The highest BCUT2D eigenvalue weighted by atomic mass is 35.5. The van der Waals surface area contributed by atoms with E-state index in [1.807, 2.05) is 0 Å². The number of hydrogen-bond donors (Lipinski definition) is 2. The fourth-order valence-electron chi connectivity index (χ4n) is 1.19. The molecule has 1 aromatic carbocycles. The molecule has 3 N–H and O–H groups in total. The molecule has 14 heavy (non-hydrogen) atoms. The minimum atomic E-state index is -0.584. The number of nitrogens with one attached hydrogen (secondary N) is 1. The Kier molecular flexibility index (Phi) is 3.75. The Balaban J connectivity index is 3.10. The van der Waals surface area contributed by atoms with E-state index >= 15 is 0 Å². The number of primary amides is 1. The van der Waals surface area contributed by atoms with Crippen molar-refractivity contribution >= 4 is 29.1 Å². The van der Waals surface area contributed by atoms with Crippen LogP contribution in [0.2, 0.25) is 10.0 Å². The van der Waals surface area contributed by atoms with E-state index in [-0.39, 0.29) is 0 Å². The predicted molar refractivity (Wildman–Crippen MR) is 57.5 cm³/mol. The largest absolute Gasteiger partial charge is 0.368 e. The number of rotatable bonds is 3. The quantitative estimate of drug-likeness (QED) is 0.835. The summed E-state index contributed by atoms with van der Waals surface area (Å²) in [6.07, 6.45) is 0. The fourth-order valence-corrected chi connectivity index (χ4v) is 1.70. The van der Waals surface area contributed by atoms with Crippen LogP contribution in [0, 0.1) is 0 Å². The summed E-state index contributed by atoms with van der Waals surface area (Å²) in [6, 6.07) is 4.33. The van der Waals surface area contributed by atoms with Gasteiger partial charge in [-0.25, -0.2) is 0 Å². The molecule has 0 radical (unpaired) electrons. The number of amides is 1. The minimum absolute atomic E-state index is 0.427. The van der Waals surface area contributed by atoms with Crippen molar-refractivity contribution < 1.29 is 4.79 Å². The maximum Gasteiger partial charge on any atom is 0.239 e. The lowest BCUT2D eigenvalue weighted by Crippen LogP contribution is -2.31. The summed E-state index contributed by atoms with van der Waals surface area (Å²) in [4.78, 5) is 11.0. The molecule has 1 amide bonds. The fraction of sp³-hybridized carbons (Fsp3) is 0.222. The van der Waals surface area contributed by atoms with Gasteiger partial charge in [-0.05, 0) is 24.7 Å². The zero-order valence-corrected chi connectivity index (χ0v) is 9.06. The molecule has 76 valence electrons. The van der Waals surface area contributed by atoms with Gasteiger partial charge in [-0.1, -0.05) is 29.3 Å². The van der Waals surface area contributed by atoms with Gasteiger partial charge < -0.3 is 11.1 Å². The number of halogens is 2. The van der Waals surface area contributed by atoms with Crippen LogP contribution in [0.1, 0.15) is 11.6 Å². The second-order valence-corrected chi connectivity index (χ2v) is 3.63. The summed E-state index contributed by atoms with van der Waals surface area (Å²) < 4.78 is 0. The van der Waals surface area contributed by atoms with Crippen LogP contribution in [0.4, 0.5) is 0 Å². The molecule has 1 aromatic rings. The van der Waals surface area contributed by atoms with Gasteiger partial charge in [0.05, 0.1) is 0 Å². The first-order valence-electron chi connectivity index (χ1n) is 3.97. The molecule has 0 aliphatic carbocycles. The second-order valence-electron chi connectivity index (χ2n) is 2.79. The Morgan fingerprint density at radius 3 is 2.57 bits per heavy atom. The Labute approximate surface area is 92.2 Å². The zero-order chi connectivity index (χ0) is 10.7. The van der Waals surface area contributed by atoms with Crippen molar-refractivity contribution in [2.45, 2.75) is 6.04 Å². The number of carbonyl (C=O) groups excluding carboxylic acids is 1. The maximum atomic E-state index is 11.0. The molecule has 1 atom stereocenters. The molecule has 0 saturated carbocycles. The van der Waals surface area contributed by atoms with E-state index < -0.39 is 11.9 Å². The Hall–Kier alpha value is -0.770. The molecule has 0 bridgehead atoms. The van der Waals surface area contributed by atoms with Gasteiger partial charge in [0.1, 0.15) is 6.04 Å². The first-order chi connectivity index (χ1) is 6.56. The maximum absolute atomic E-state index is 11.0. The molecule has 1 rings (SSSR count). The average Bonchev–Trinajstić information content (AvgIpc) is 2.09. The third-order valence-corrected chi connectivity index (χ3v) is 2.41. The Bertz CT molecular complexity index is 355. The minimum Gasteiger partial charge on any atom is -0.368 e. The lowest BCUT2D eigenvalue weighted by atomic mass is 10.1. The van der Waals surface area contributed by atoms with Gasteiger partial charge >= 0.3 is 0 Å². The van der Waals surface area contributed by atoms with Crippen molar-refractivity contribution in [2.24, 2.45) is 5.73 Å². The van der Waals surface area contributed by atoms with E-state index in [0.717, 1.165) is 0 Å². The molecule has 0 spiro atoms. The van der Waals surface area contributed by atoms with Gasteiger partial charge in [0.15, 0.2) is 0 Å². The van der Waals surface area contributed by atoms with Crippen molar-refractivity contribution in [3.63, 3.8) is 0 Å². The lowest BCUT2D eigenvalue weighted by molar-refractivity contribution is -0.120. The van der Waals surface area contributed by atoms with Gasteiger partial charge in [-0.3, -0.25) is 4.79 Å². The predicted octanol–water partition coefficient (Wildman–Crippen LogP) is 1.74. The molecule has 0 aliphatic heterocycles. The number of likely N-dealkylation sites (N-methyl/N-ethyl adjacent to an activating group) is 1. The summed E-state index contributed by atoms with van der Waals surface area (Å²) in [5.74, 6) is -0.475. The van der Waals surface area contributed by atoms with Crippen LogP contribution in [0.3, 0.4) is 0 Å². The first-order valence-corrected chi connectivity index (χ1v) is 4.73. The van der Waals surface area contributed by atoms with Crippen molar-refractivity contribution in [3.8, 4) is 0 Å². The summed E-state index contributed by atoms with van der Waals surface area (Å²) in [7, 11) is 1.64. The first kappa shape index (κ1) is 11.3. The molecule has 0 aromatic heterocycles. The summed E-state index contributed by atoms with van der Waals surface area (Å²) in [5, 5.41) is 3.73. The van der Waals surface area contributed by atoms with E-state index in [4.69, 9.17) is 28.9 Å². The zero-order valence-electron chi connectivity index (χ0n) is 7.55. The molecule has 3 nitrogen and oxygen atoms in total. The molecule has 0 aliphatic rings. The number of hydrogen-bond acceptors (Lipinski definition) is 2. The van der Waals surface area contributed by atoms with Crippen LogP contribution in [0.15, 0.2) is 18.2 Å². The van der Waals surface area contributed by atoms with Crippen LogP contribution < -0.4 is 11.1 Å². The van der Waals surface area contributed by atoms with Gasteiger partial charge in [0, 0.05) is 10.0 Å². The number of carbonyl (C=O) groups is 1. The van der Waals surface area contributed by atoms with Gasteiger partial charge in [-0.15, -0.1) is 0 Å². The van der Waals surface area contributed by atoms with Crippen LogP contribution in [-0.2, 0) is 4.79 Å². The summed E-state index contributed by atoms with van der Waals surface area (Å²) in [5.41, 5.74) is 5.82. The summed E-state index contributed by atoms with van der Waals surface area (Å²) >= 11 is 11.6. The van der Waals surface area contributed by atoms with Crippen molar-refractivity contribution in [1.29, 1.82) is 0 Å². The number of benzene rings is 1. The molecular weight excluding hydrogens is 223 g/mol. The number of nitrogens with two attached hydrogens (primary N) is 1. The smallest absolute Gasteiger partial charge is 0.239 e. The van der Waals surface area contributed by atoms with Gasteiger partial charge in [0.25, 0.3) is 0 Å². The monoisotopic (exact) mass is 232 g/mol. The highest BCUT2D eigenvalue weighted by Crippen LogP contribution is 2.25. The molecule has 0 unspecified atom stereocenters. The topological polar surface area (TPSA) is 55.1 Å². The molecule has 0 fully saturated rings. The molecular formula is C9H10Cl2N2O. The van der Waals surface area contributed by atoms with Crippen molar-refractivity contribution in [2.75, 3.05) is 7.05 Å². The highest BCUT2D eigenvalue weighted by Gasteiger charge is 2.18. The van der Waals surface area contributed by atoms with E-state index in [1.165, 1.54) is 0 Å². The van der Waals surface area contributed by atoms with E-state index in [1.54, 1.807) is 25.2 Å². The second kappa shape index (κ2) is 4.64. The third kappa shape index (κ3) is 2.38. The standard InChI is InChI=1S/C9H10Cl2N2O/c1-13-8(9(12)14)6-3-2-5(10)4-7(6)11/h2-4,8,13H,1H3,(H2,12,14)/t8-/m0/s1. The highest BCUT2D eigenvalue weighted by molar-refractivity contribution is 6.35. The normalized spacial score (nSPS) is 12.5. The van der Waals surface area contributed by atoms with Gasteiger partial charge in [0.2, 0.25) is 5.91 Å². The van der Waals surface area contributed by atoms with Crippen molar-refractivity contribution in [3.05, 3.63) is 33.8 Å². The van der Waals surface area contributed by atoms with Gasteiger partial charge in [-0.2, -0.15) is 0 Å². The Morgan fingerprint density at radius 2 is 2.14 bits per heavy atom. The third-order valence-electron chi connectivity index (χ3n) is 1.85. The molecule has 5 heteroatoms. The summed E-state index contributed by atoms with van der Waals surface area (Å²) in [6.45, 7) is 0. The van der Waals surface area contributed by atoms with Crippen LogP contribution in [-0.4, -0.2) is 13.0 Å². The van der Waals surface area contributed by atoms with E-state index in [9.17, 15) is 4.79 Å². The van der Waals surface area contributed by atoms with E-state index in [0.29, 0.717) is 15.6 Å². The van der Waals surface area contributed by atoms with Crippen LogP contribution >= 0.6 is 23.2 Å². The van der Waals surface area contributed by atoms with Crippen molar-refractivity contribution in [1.82, 2.24) is 5.32 Å². The van der Waals surface area contributed by atoms with Crippen LogP contribution in [0.25, 0.3) is 0 Å². The molecule has 0 heterocycles. The average molecular weight is 233 g/mol. The van der Waals surface area contributed by atoms with Crippen LogP contribution in [0.5, 0.6) is 0 Å².